The highest BCUT2D eigenvalue weighted by Gasteiger charge is 2.20. The van der Waals surface area contributed by atoms with Crippen molar-refractivity contribution < 1.29 is 9.90 Å². The largest absolute Gasteiger partial charge is 0.393 e. The summed E-state index contributed by atoms with van der Waals surface area (Å²) < 4.78 is 0. The van der Waals surface area contributed by atoms with Gasteiger partial charge in [0, 0.05) is 19.6 Å². The van der Waals surface area contributed by atoms with Crippen LogP contribution in [0.5, 0.6) is 0 Å². The highest BCUT2D eigenvalue weighted by Crippen LogP contribution is 2.29. The summed E-state index contributed by atoms with van der Waals surface area (Å²) in [7, 11) is 0. The molecule has 1 atom stereocenters. The minimum Gasteiger partial charge on any atom is -0.393 e. The Kier molecular flexibility index (Phi) is 5.19. The molecule has 1 amide bonds. The van der Waals surface area contributed by atoms with Gasteiger partial charge in [-0.1, -0.05) is 11.3 Å². The van der Waals surface area contributed by atoms with Crippen LogP contribution in [0.1, 0.15) is 42.3 Å². The fraction of sp³-hybridized carbons (Fsp3) is 0.692. The van der Waals surface area contributed by atoms with Crippen LogP contribution in [-0.4, -0.2) is 41.7 Å². The molecule has 1 unspecified atom stereocenters. The molecule has 7 heteroatoms. The second-order valence-corrected chi connectivity index (χ2v) is 6.13. The maximum absolute atomic E-state index is 12.0. The number of hydrogen-bond donors (Lipinski definition) is 3. The standard InChI is InChI=1S/C13H22N4O2S/c1-9(18)5-6-15-12(19)10-11(14)16-13(20-10)17-7-3-2-4-8-17/h9,18H,2-8,14H2,1H3,(H,15,19). The highest BCUT2D eigenvalue weighted by atomic mass is 32.1. The Hall–Kier alpha value is -1.34. The molecule has 1 fully saturated rings. The van der Waals surface area contributed by atoms with Gasteiger partial charge in [-0.05, 0) is 32.6 Å². The number of amides is 1. The molecule has 1 aliphatic rings. The van der Waals surface area contributed by atoms with E-state index in [4.69, 9.17) is 5.73 Å². The molecule has 0 aromatic carbocycles. The number of nitrogens with one attached hydrogen (secondary N) is 1. The summed E-state index contributed by atoms with van der Waals surface area (Å²) in [5.74, 6) is 0.0917. The minimum absolute atomic E-state index is 0.205. The van der Waals surface area contributed by atoms with Gasteiger partial charge in [-0.15, -0.1) is 0 Å². The number of piperidine rings is 1. The molecule has 0 aliphatic carbocycles. The molecular formula is C13H22N4O2S. The Morgan fingerprint density at radius 1 is 1.50 bits per heavy atom. The predicted octanol–water partition coefficient (Wildman–Crippen LogP) is 1.22. The molecule has 0 spiro atoms. The van der Waals surface area contributed by atoms with Gasteiger partial charge in [0.25, 0.3) is 5.91 Å². The van der Waals surface area contributed by atoms with E-state index >= 15 is 0 Å². The van der Waals surface area contributed by atoms with Gasteiger partial charge >= 0.3 is 0 Å². The molecule has 1 aromatic rings. The second-order valence-electron chi connectivity index (χ2n) is 5.15. The minimum atomic E-state index is -0.419. The van der Waals surface area contributed by atoms with Crippen LogP contribution in [0.2, 0.25) is 0 Å². The average Bonchev–Trinajstić information content (AvgIpc) is 2.81. The zero-order valence-electron chi connectivity index (χ0n) is 11.8. The van der Waals surface area contributed by atoms with Crippen molar-refractivity contribution in [1.29, 1.82) is 0 Å². The molecule has 2 heterocycles. The van der Waals surface area contributed by atoms with E-state index in [1.54, 1.807) is 6.92 Å². The van der Waals surface area contributed by atoms with E-state index in [1.807, 2.05) is 0 Å². The quantitative estimate of drug-likeness (QED) is 0.760. The van der Waals surface area contributed by atoms with Crippen LogP contribution in [0.4, 0.5) is 10.9 Å². The third-order valence-electron chi connectivity index (χ3n) is 3.32. The fourth-order valence-electron chi connectivity index (χ4n) is 2.18. The lowest BCUT2D eigenvalue weighted by Crippen LogP contribution is -2.29. The van der Waals surface area contributed by atoms with Crippen LogP contribution >= 0.6 is 11.3 Å². The molecule has 1 aliphatic heterocycles. The van der Waals surface area contributed by atoms with E-state index in [-0.39, 0.29) is 5.91 Å². The van der Waals surface area contributed by atoms with Crippen LogP contribution in [0.3, 0.4) is 0 Å². The van der Waals surface area contributed by atoms with Crippen LogP contribution in [-0.2, 0) is 0 Å². The van der Waals surface area contributed by atoms with Crippen molar-refractivity contribution in [2.24, 2.45) is 0 Å². The molecular weight excluding hydrogens is 276 g/mol. The van der Waals surface area contributed by atoms with Crippen LogP contribution in [0.25, 0.3) is 0 Å². The normalized spacial score (nSPS) is 17.0. The lowest BCUT2D eigenvalue weighted by molar-refractivity contribution is 0.0950. The van der Waals surface area contributed by atoms with Gasteiger partial charge in [-0.3, -0.25) is 4.79 Å². The number of rotatable bonds is 5. The molecule has 2 rings (SSSR count). The molecule has 20 heavy (non-hydrogen) atoms. The topological polar surface area (TPSA) is 91.5 Å². The summed E-state index contributed by atoms with van der Waals surface area (Å²) in [5, 5.41) is 12.8. The number of aliphatic hydroxyl groups is 1. The Morgan fingerprint density at radius 2 is 2.20 bits per heavy atom. The molecule has 1 aromatic heterocycles. The third kappa shape index (κ3) is 3.83. The zero-order valence-corrected chi connectivity index (χ0v) is 12.6. The SMILES string of the molecule is CC(O)CCNC(=O)c1sc(N2CCCCC2)nc1N. The van der Waals surface area contributed by atoms with E-state index < -0.39 is 6.10 Å². The first-order valence-electron chi connectivity index (χ1n) is 7.05. The monoisotopic (exact) mass is 298 g/mol. The number of anilines is 2. The first kappa shape index (κ1) is 15.1. The smallest absolute Gasteiger partial charge is 0.265 e. The number of hydrogen-bond acceptors (Lipinski definition) is 6. The van der Waals surface area contributed by atoms with E-state index in [2.05, 4.69) is 15.2 Å². The maximum atomic E-state index is 12.0. The fourth-order valence-corrected chi connectivity index (χ4v) is 3.13. The Bertz CT molecular complexity index is 455. The lowest BCUT2D eigenvalue weighted by Gasteiger charge is -2.25. The summed E-state index contributed by atoms with van der Waals surface area (Å²) in [5.41, 5.74) is 5.84. The van der Waals surface area contributed by atoms with Crippen LogP contribution in [0, 0.1) is 0 Å². The maximum Gasteiger partial charge on any atom is 0.265 e. The van der Waals surface area contributed by atoms with Crippen LogP contribution < -0.4 is 16.0 Å². The van der Waals surface area contributed by atoms with Crippen molar-refractivity contribution in [2.75, 3.05) is 30.3 Å². The van der Waals surface area contributed by atoms with Crippen molar-refractivity contribution in [3.05, 3.63) is 4.88 Å². The summed E-state index contributed by atoms with van der Waals surface area (Å²) in [4.78, 5) is 19.0. The number of aliphatic hydroxyl groups excluding tert-OH is 1. The summed E-state index contributed by atoms with van der Waals surface area (Å²) in [6, 6.07) is 0. The first-order valence-corrected chi connectivity index (χ1v) is 7.87. The predicted molar refractivity (Wildman–Crippen MR) is 81.2 cm³/mol. The molecule has 1 saturated heterocycles. The zero-order chi connectivity index (χ0) is 14.5. The number of thiazole rings is 1. The van der Waals surface area contributed by atoms with Crippen molar-refractivity contribution in [3.8, 4) is 0 Å². The van der Waals surface area contributed by atoms with Crippen molar-refractivity contribution in [3.63, 3.8) is 0 Å². The van der Waals surface area contributed by atoms with Gasteiger partial charge in [0.15, 0.2) is 5.13 Å². The molecule has 0 radical (unpaired) electrons. The molecule has 112 valence electrons. The number of aromatic nitrogens is 1. The third-order valence-corrected chi connectivity index (χ3v) is 4.45. The Labute approximate surface area is 123 Å². The Morgan fingerprint density at radius 3 is 2.85 bits per heavy atom. The number of nitrogens with two attached hydrogens (primary N) is 1. The summed E-state index contributed by atoms with van der Waals surface area (Å²) >= 11 is 1.35. The van der Waals surface area contributed by atoms with Gasteiger partial charge in [0.05, 0.1) is 6.10 Å². The number of carbonyl (C=O) groups excluding carboxylic acids is 1. The number of carbonyl (C=O) groups is 1. The van der Waals surface area contributed by atoms with Gasteiger partial charge in [-0.25, -0.2) is 4.98 Å². The van der Waals surface area contributed by atoms with E-state index in [0.717, 1.165) is 31.1 Å². The lowest BCUT2D eigenvalue weighted by atomic mass is 10.1. The summed E-state index contributed by atoms with van der Waals surface area (Å²) in [6.07, 6.45) is 3.69. The van der Waals surface area contributed by atoms with Gasteiger partial charge < -0.3 is 21.1 Å². The first-order chi connectivity index (χ1) is 9.58. The number of nitrogens with zero attached hydrogens (tertiary/aromatic N) is 2. The van der Waals surface area contributed by atoms with Crippen molar-refractivity contribution in [1.82, 2.24) is 10.3 Å². The van der Waals surface area contributed by atoms with Gasteiger partial charge in [0.2, 0.25) is 0 Å². The summed E-state index contributed by atoms with van der Waals surface area (Å²) in [6.45, 7) is 4.10. The molecule has 6 nitrogen and oxygen atoms in total. The average molecular weight is 298 g/mol. The van der Waals surface area contributed by atoms with Crippen molar-refractivity contribution in [2.45, 2.75) is 38.7 Å². The second kappa shape index (κ2) is 6.90. The van der Waals surface area contributed by atoms with E-state index in [0.29, 0.717) is 23.7 Å². The highest BCUT2D eigenvalue weighted by molar-refractivity contribution is 7.18. The molecule has 0 saturated carbocycles. The van der Waals surface area contributed by atoms with Crippen molar-refractivity contribution >= 4 is 28.2 Å². The van der Waals surface area contributed by atoms with Crippen LogP contribution in [0.15, 0.2) is 0 Å². The van der Waals surface area contributed by atoms with E-state index in [1.165, 1.54) is 17.8 Å². The van der Waals surface area contributed by atoms with Gasteiger partial charge in [0.1, 0.15) is 10.7 Å². The van der Waals surface area contributed by atoms with E-state index in [9.17, 15) is 9.90 Å². The molecule has 0 bridgehead atoms. The van der Waals surface area contributed by atoms with Gasteiger partial charge in [-0.2, -0.15) is 0 Å². The Balaban J connectivity index is 1.97. The molecule has 4 N–H and O–H groups in total. The number of nitrogen functional groups attached to an aromatic ring is 1.